The summed E-state index contributed by atoms with van der Waals surface area (Å²) in [5, 5.41) is 11.2. The van der Waals surface area contributed by atoms with E-state index in [2.05, 4.69) is 26.9 Å². The standard InChI is InChI=1S/C28H34N4O2/c1-3-31(4-2)28(34)22-13-15-25(16-14-22)32(24-11-6-5-7-12-24)26-17-19-30(21-27(26)33)20-23-10-8-9-18-29-23/h5-16,18,26-27,33H,3-4,17,19-21H2,1-2H3. The van der Waals surface area contributed by atoms with E-state index in [0.717, 1.165) is 36.6 Å². The summed E-state index contributed by atoms with van der Waals surface area (Å²) in [6.45, 7) is 7.57. The summed E-state index contributed by atoms with van der Waals surface area (Å²) in [6.07, 6.45) is 2.11. The maximum atomic E-state index is 12.8. The van der Waals surface area contributed by atoms with Gasteiger partial charge in [-0.15, -0.1) is 0 Å². The van der Waals surface area contributed by atoms with Crippen molar-refractivity contribution in [2.75, 3.05) is 31.1 Å². The van der Waals surface area contributed by atoms with Crippen LogP contribution in [0.1, 0.15) is 36.3 Å². The Morgan fingerprint density at radius 1 is 0.971 bits per heavy atom. The SMILES string of the molecule is CCN(CC)C(=O)c1ccc(N(c2ccccc2)C2CCN(Cc3ccccn3)CC2O)cc1. The van der Waals surface area contributed by atoms with Crippen LogP contribution >= 0.6 is 0 Å². The van der Waals surface area contributed by atoms with E-state index >= 15 is 0 Å². The van der Waals surface area contributed by atoms with Crippen molar-refractivity contribution in [1.82, 2.24) is 14.8 Å². The Labute approximate surface area is 202 Å². The fourth-order valence-corrected chi connectivity index (χ4v) is 4.73. The van der Waals surface area contributed by atoms with E-state index in [1.54, 1.807) is 0 Å². The van der Waals surface area contributed by atoms with Gasteiger partial charge in [0, 0.05) is 55.9 Å². The topological polar surface area (TPSA) is 59.9 Å². The molecule has 2 heterocycles. The lowest BCUT2D eigenvalue weighted by Crippen LogP contribution is -2.52. The Morgan fingerprint density at radius 3 is 2.26 bits per heavy atom. The molecule has 1 aliphatic heterocycles. The molecule has 6 heteroatoms. The van der Waals surface area contributed by atoms with E-state index < -0.39 is 6.10 Å². The van der Waals surface area contributed by atoms with Gasteiger partial charge in [-0.25, -0.2) is 0 Å². The van der Waals surface area contributed by atoms with Crippen LogP contribution in [0.4, 0.5) is 11.4 Å². The zero-order chi connectivity index (χ0) is 23.9. The molecule has 2 unspecified atom stereocenters. The number of carbonyl (C=O) groups is 1. The van der Waals surface area contributed by atoms with Gasteiger partial charge >= 0.3 is 0 Å². The number of hydrogen-bond donors (Lipinski definition) is 1. The number of pyridine rings is 1. The van der Waals surface area contributed by atoms with Gasteiger partial charge < -0.3 is 14.9 Å². The number of hydrogen-bond acceptors (Lipinski definition) is 5. The molecule has 2 aromatic carbocycles. The van der Waals surface area contributed by atoms with Gasteiger partial charge in [-0.1, -0.05) is 24.3 Å². The summed E-state index contributed by atoms with van der Waals surface area (Å²) >= 11 is 0. The largest absolute Gasteiger partial charge is 0.390 e. The minimum atomic E-state index is -0.519. The van der Waals surface area contributed by atoms with Gasteiger partial charge in [0.05, 0.1) is 17.8 Å². The second kappa shape index (κ2) is 11.3. The Hall–Kier alpha value is -3.22. The molecule has 1 aromatic heterocycles. The molecule has 1 N–H and O–H groups in total. The number of likely N-dealkylation sites (tertiary alicyclic amines) is 1. The van der Waals surface area contributed by atoms with Crippen LogP contribution in [-0.4, -0.2) is 64.1 Å². The number of β-amino-alcohol motifs (C(OH)–C–C–N with tert-alkyl or cyclic N) is 1. The molecule has 0 spiro atoms. The number of nitrogens with zero attached hydrogens (tertiary/aromatic N) is 4. The number of carbonyl (C=O) groups excluding carboxylic acids is 1. The maximum Gasteiger partial charge on any atom is 0.253 e. The molecule has 178 valence electrons. The minimum Gasteiger partial charge on any atom is -0.390 e. The highest BCUT2D eigenvalue weighted by molar-refractivity contribution is 5.94. The van der Waals surface area contributed by atoms with Crippen LogP contribution in [0.3, 0.4) is 0 Å². The van der Waals surface area contributed by atoms with Crippen molar-refractivity contribution in [2.45, 2.75) is 39.0 Å². The van der Waals surface area contributed by atoms with Crippen molar-refractivity contribution in [2.24, 2.45) is 0 Å². The van der Waals surface area contributed by atoms with Gasteiger partial charge in [0.2, 0.25) is 0 Å². The van der Waals surface area contributed by atoms with Gasteiger partial charge in [0.1, 0.15) is 0 Å². The van der Waals surface area contributed by atoms with Crippen LogP contribution in [0.15, 0.2) is 79.0 Å². The molecule has 0 radical (unpaired) electrons. The highest BCUT2D eigenvalue weighted by Gasteiger charge is 2.33. The van der Waals surface area contributed by atoms with Crippen molar-refractivity contribution in [3.8, 4) is 0 Å². The third-order valence-corrected chi connectivity index (χ3v) is 6.55. The number of aliphatic hydroxyl groups is 1. The van der Waals surface area contributed by atoms with Gasteiger partial charge in [0.25, 0.3) is 5.91 Å². The first-order chi connectivity index (χ1) is 16.6. The van der Waals surface area contributed by atoms with Crippen molar-refractivity contribution < 1.29 is 9.90 Å². The highest BCUT2D eigenvalue weighted by atomic mass is 16.3. The fourth-order valence-electron chi connectivity index (χ4n) is 4.73. The maximum absolute atomic E-state index is 12.8. The molecule has 1 saturated heterocycles. The van der Waals surface area contributed by atoms with E-state index in [1.165, 1.54) is 0 Å². The zero-order valence-corrected chi connectivity index (χ0v) is 20.0. The lowest BCUT2D eigenvalue weighted by atomic mass is 9.97. The zero-order valence-electron chi connectivity index (χ0n) is 20.0. The number of aliphatic hydroxyl groups excluding tert-OH is 1. The Balaban J connectivity index is 1.55. The van der Waals surface area contributed by atoms with Crippen LogP contribution in [0.25, 0.3) is 0 Å². The second-order valence-corrected chi connectivity index (χ2v) is 8.71. The third-order valence-electron chi connectivity index (χ3n) is 6.55. The summed E-state index contributed by atoms with van der Waals surface area (Å²) < 4.78 is 0. The van der Waals surface area contributed by atoms with Crippen molar-refractivity contribution >= 4 is 17.3 Å². The molecule has 1 fully saturated rings. The third kappa shape index (κ3) is 5.46. The number of piperidine rings is 1. The Bertz CT molecular complexity index is 1040. The molecule has 0 aliphatic carbocycles. The molecule has 4 rings (SSSR count). The predicted octanol–water partition coefficient (Wildman–Crippen LogP) is 4.34. The van der Waals surface area contributed by atoms with Crippen molar-refractivity contribution in [1.29, 1.82) is 0 Å². The normalized spacial score (nSPS) is 18.4. The number of aromatic nitrogens is 1. The van der Waals surface area contributed by atoms with Gasteiger partial charge in [-0.2, -0.15) is 0 Å². The summed E-state index contributed by atoms with van der Waals surface area (Å²) in [4.78, 5) is 23.5. The average molecular weight is 459 g/mol. The molecular formula is C28H34N4O2. The molecule has 1 aliphatic rings. The number of benzene rings is 2. The molecule has 6 nitrogen and oxygen atoms in total. The molecule has 3 aromatic rings. The molecular weight excluding hydrogens is 424 g/mol. The second-order valence-electron chi connectivity index (χ2n) is 8.71. The van der Waals surface area contributed by atoms with Crippen molar-refractivity contribution in [3.63, 3.8) is 0 Å². The first-order valence-electron chi connectivity index (χ1n) is 12.1. The monoisotopic (exact) mass is 458 g/mol. The molecule has 1 amide bonds. The van der Waals surface area contributed by atoms with Crippen molar-refractivity contribution in [3.05, 3.63) is 90.3 Å². The summed E-state index contributed by atoms with van der Waals surface area (Å²) in [6, 6.07) is 23.8. The van der Waals surface area contributed by atoms with Crippen LogP contribution in [-0.2, 0) is 6.54 Å². The van der Waals surface area contributed by atoms with Crippen LogP contribution < -0.4 is 4.90 Å². The number of rotatable bonds is 8. The van der Waals surface area contributed by atoms with E-state index in [1.807, 2.05) is 85.6 Å². The molecule has 34 heavy (non-hydrogen) atoms. The van der Waals surface area contributed by atoms with Crippen LogP contribution in [0.5, 0.6) is 0 Å². The van der Waals surface area contributed by atoms with E-state index in [9.17, 15) is 9.90 Å². The number of amides is 1. The van der Waals surface area contributed by atoms with Crippen LogP contribution in [0.2, 0.25) is 0 Å². The number of para-hydroxylation sites is 1. The molecule has 0 saturated carbocycles. The van der Waals surface area contributed by atoms with Crippen LogP contribution in [0, 0.1) is 0 Å². The first-order valence-corrected chi connectivity index (χ1v) is 12.1. The average Bonchev–Trinajstić information content (AvgIpc) is 2.88. The highest BCUT2D eigenvalue weighted by Crippen LogP contribution is 2.32. The lowest BCUT2D eigenvalue weighted by Gasteiger charge is -2.43. The Morgan fingerprint density at radius 2 is 1.65 bits per heavy atom. The van der Waals surface area contributed by atoms with Gasteiger partial charge in [-0.05, 0) is 68.8 Å². The summed E-state index contributed by atoms with van der Waals surface area (Å²) in [7, 11) is 0. The Kier molecular flexibility index (Phi) is 7.93. The predicted molar refractivity (Wildman–Crippen MR) is 136 cm³/mol. The number of anilines is 2. The summed E-state index contributed by atoms with van der Waals surface area (Å²) in [5.41, 5.74) is 3.71. The minimum absolute atomic E-state index is 0.0469. The van der Waals surface area contributed by atoms with Gasteiger partial charge in [0.15, 0.2) is 0 Å². The first kappa shape index (κ1) is 23.9. The van der Waals surface area contributed by atoms with E-state index in [4.69, 9.17) is 0 Å². The lowest BCUT2D eigenvalue weighted by molar-refractivity contribution is 0.0494. The summed E-state index contributed by atoms with van der Waals surface area (Å²) in [5.74, 6) is 0.0469. The fraction of sp³-hybridized carbons (Fsp3) is 0.357. The smallest absolute Gasteiger partial charge is 0.253 e. The van der Waals surface area contributed by atoms with E-state index in [-0.39, 0.29) is 11.9 Å². The van der Waals surface area contributed by atoms with Gasteiger partial charge in [-0.3, -0.25) is 14.7 Å². The molecule has 0 bridgehead atoms. The quantitative estimate of drug-likeness (QED) is 0.544. The molecule has 2 atom stereocenters. The van der Waals surface area contributed by atoms with E-state index in [0.29, 0.717) is 25.2 Å².